The summed E-state index contributed by atoms with van der Waals surface area (Å²) in [6, 6.07) is 8.59. The first kappa shape index (κ1) is 22.4. The van der Waals surface area contributed by atoms with Gasteiger partial charge in [0.2, 0.25) is 0 Å². The molecule has 1 fully saturated rings. The van der Waals surface area contributed by atoms with E-state index in [1.54, 1.807) is 0 Å². The van der Waals surface area contributed by atoms with Crippen LogP contribution in [-0.4, -0.2) is 29.3 Å². The Morgan fingerprint density at radius 1 is 1.22 bits per heavy atom. The summed E-state index contributed by atoms with van der Waals surface area (Å²) in [4.78, 5) is 21.2. The summed E-state index contributed by atoms with van der Waals surface area (Å²) in [5, 5.41) is 15.5. The van der Waals surface area contributed by atoms with E-state index in [2.05, 4.69) is 21.5 Å². The minimum absolute atomic E-state index is 0.0132. The predicted octanol–water partition coefficient (Wildman–Crippen LogP) is 5.00. The maximum Gasteiger partial charge on any atom is 0.435 e. The summed E-state index contributed by atoms with van der Waals surface area (Å²) in [5.74, 6) is -0.471. The number of hydrogen-bond donors (Lipinski definition) is 1. The van der Waals surface area contributed by atoms with Gasteiger partial charge in [-0.25, -0.2) is 0 Å². The van der Waals surface area contributed by atoms with E-state index >= 15 is 0 Å². The maximum absolute atomic E-state index is 14.1. The molecule has 6 nitrogen and oxygen atoms in total. The standard InChI is InChI=1S/C21H15Cl2F3N4O2/c22-14-5-13(6-15(23)7-14)20(21(24,25)26)8-17(30-32-20)12-1-2-16(28-9-12)18(31)29-11-19(10-27)3-4-19/h1-2,5-7,9H,3-4,8,11H2,(H,29,31). The van der Waals surface area contributed by atoms with Crippen LogP contribution in [0.4, 0.5) is 13.2 Å². The number of carbonyl (C=O) groups is 1. The van der Waals surface area contributed by atoms with Gasteiger partial charge in [-0.1, -0.05) is 28.4 Å². The average molecular weight is 483 g/mol. The van der Waals surface area contributed by atoms with Crippen LogP contribution in [-0.2, 0) is 10.4 Å². The summed E-state index contributed by atoms with van der Waals surface area (Å²) >= 11 is 11.8. The molecule has 2 aliphatic rings. The number of halogens is 5. The van der Waals surface area contributed by atoms with Crippen LogP contribution in [0.3, 0.4) is 0 Å². The lowest BCUT2D eigenvalue weighted by atomic mass is 9.87. The fourth-order valence-electron chi connectivity index (χ4n) is 3.36. The van der Waals surface area contributed by atoms with Crippen molar-refractivity contribution in [3.8, 4) is 6.07 Å². The van der Waals surface area contributed by atoms with Gasteiger partial charge >= 0.3 is 6.18 Å². The SMILES string of the molecule is N#CC1(CNC(=O)c2ccc(C3=NOC(c4cc(Cl)cc(Cl)c4)(C(F)(F)F)C3)cn2)CC1. The molecule has 0 saturated heterocycles. The number of nitriles is 1. The first-order chi connectivity index (χ1) is 15.1. The normalized spacial score (nSPS) is 21.3. The van der Waals surface area contributed by atoms with Crippen LogP contribution in [0.2, 0.25) is 10.0 Å². The van der Waals surface area contributed by atoms with Crippen LogP contribution in [0, 0.1) is 16.7 Å². The van der Waals surface area contributed by atoms with Gasteiger partial charge in [0.05, 0.1) is 23.6 Å². The molecule has 1 amide bonds. The number of alkyl halides is 3. The van der Waals surface area contributed by atoms with Gasteiger partial charge in [0.15, 0.2) is 0 Å². The van der Waals surface area contributed by atoms with Crippen molar-refractivity contribution in [2.45, 2.75) is 31.0 Å². The fraction of sp³-hybridized carbons (Fsp3) is 0.333. The lowest BCUT2D eigenvalue weighted by Gasteiger charge is -2.29. The van der Waals surface area contributed by atoms with E-state index in [1.165, 1.54) is 24.4 Å². The number of amides is 1. The van der Waals surface area contributed by atoms with E-state index in [1.807, 2.05) is 0 Å². The molecule has 1 aliphatic heterocycles. The molecule has 166 valence electrons. The second kappa shape index (κ2) is 7.94. The summed E-state index contributed by atoms with van der Waals surface area (Å²) in [6.45, 7) is 0.225. The van der Waals surface area contributed by atoms with E-state index < -0.39 is 29.5 Å². The Balaban J connectivity index is 1.52. The van der Waals surface area contributed by atoms with Crippen LogP contribution in [0.15, 0.2) is 41.7 Å². The van der Waals surface area contributed by atoms with Crippen molar-refractivity contribution in [3.63, 3.8) is 0 Å². The largest absolute Gasteiger partial charge is 0.435 e. The lowest BCUT2D eigenvalue weighted by molar-refractivity contribution is -0.275. The van der Waals surface area contributed by atoms with Gasteiger partial charge in [-0.05, 0) is 43.2 Å². The zero-order valence-electron chi connectivity index (χ0n) is 16.3. The summed E-state index contributed by atoms with van der Waals surface area (Å²) in [7, 11) is 0. The van der Waals surface area contributed by atoms with Gasteiger partial charge in [0, 0.05) is 33.9 Å². The maximum atomic E-state index is 14.1. The number of benzene rings is 1. The first-order valence-electron chi connectivity index (χ1n) is 9.52. The minimum atomic E-state index is -4.81. The molecule has 1 aromatic heterocycles. The van der Waals surface area contributed by atoms with Crippen LogP contribution in [0.1, 0.15) is 40.9 Å². The van der Waals surface area contributed by atoms with Crippen molar-refractivity contribution >= 4 is 34.8 Å². The van der Waals surface area contributed by atoms with Crippen LogP contribution in [0.25, 0.3) is 0 Å². The van der Waals surface area contributed by atoms with E-state index in [0.29, 0.717) is 0 Å². The van der Waals surface area contributed by atoms with Crippen molar-refractivity contribution < 1.29 is 22.8 Å². The molecule has 2 aromatic rings. The molecule has 11 heteroatoms. The van der Waals surface area contributed by atoms with Crippen LogP contribution >= 0.6 is 23.2 Å². The van der Waals surface area contributed by atoms with Gasteiger partial charge < -0.3 is 10.2 Å². The Morgan fingerprint density at radius 3 is 2.44 bits per heavy atom. The third-order valence-corrected chi connectivity index (χ3v) is 5.96. The average Bonchev–Trinajstić information content (AvgIpc) is 3.37. The molecule has 1 saturated carbocycles. The molecule has 1 aliphatic carbocycles. The monoisotopic (exact) mass is 482 g/mol. The van der Waals surface area contributed by atoms with E-state index in [-0.39, 0.29) is 39.1 Å². The van der Waals surface area contributed by atoms with Gasteiger partial charge in [-0.2, -0.15) is 18.4 Å². The second-order valence-corrected chi connectivity index (χ2v) is 8.67. The van der Waals surface area contributed by atoms with Crippen molar-refractivity contribution in [1.82, 2.24) is 10.3 Å². The molecule has 2 heterocycles. The highest BCUT2D eigenvalue weighted by molar-refractivity contribution is 6.34. The number of nitrogens with one attached hydrogen (secondary N) is 1. The zero-order valence-corrected chi connectivity index (χ0v) is 17.9. The number of oxime groups is 1. The molecular formula is C21H15Cl2F3N4O2. The molecule has 1 unspecified atom stereocenters. The third kappa shape index (κ3) is 4.12. The Hall–Kier alpha value is -2.83. The number of nitrogens with zero attached hydrogens (tertiary/aromatic N) is 3. The third-order valence-electron chi connectivity index (χ3n) is 5.52. The smallest absolute Gasteiger partial charge is 0.374 e. The number of pyridine rings is 1. The summed E-state index contributed by atoms with van der Waals surface area (Å²) in [5.41, 5.74) is -3.16. The Bertz CT molecular complexity index is 1120. The number of hydrogen-bond acceptors (Lipinski definition) is 5. The van der Waals surface area contributed by atoms with Crippen molar-refractivity contribution in [2.75, 3.05) is 6.54 Å². The molecule has 1 aromatic carbocycles. The fourth-order valence-corrected chi connectivity index (χ4v) is 3.89. The molecule has 0 radical (unpaired) electrons. The van der Waals surface area contributed by atoms with Crippen molar-refractivity contribution in [1.29, 1.82) is 5.26 Å². The highest BCUT2D eigenvalue weighted by Gasteiger charge is 2.62. The Kier molecular flexibility index (Phi) is 5.55. The molecule has 4 rings (SSSR count). The van der Waals surface area contributed by atoms with E-state index in [9.17, 15) is 18.0 Å². The van der Waals surface area contributed by atoms with Crippen LogP contribution < -0.4 is 5.32 Å². The number of rotatable bonds is 5. The van der Waals surface area contributed by atoms with Gasteiger partial charge in [0.1, 0.15) is 5.69 Å². The minimum Gasteiger partial charge on any atom is -0.374 e. The molecule has 1 atom stereocenters. The zero-order chi connectivity index (χ0) is 23.1. The van der Waals surface area contributed by atoms with E-state index in [4.69, 9.17) is 33.3 Å². The molecule has 1 N–H and O–H groups in total. The van der Waals surface area contributed by atoms with Crippen molar-refractivity contribution in [2.24, 2.45) is 10.6 Å². The summed E-state index contributed by atoms with van der Waals surface area (Å²) in [6.07, 6.45) is -2.71. The Morgan fingerprint density at radius 2 is 1.91 bits per heavy atom. The molecule has 32 heavy (non-hydrogen) atoms. The molecule has 0 bridgehead atoms. The summed E-state index contributed by atoms with van der Waals surface area (Å²) < 4.78 is 42.2. The predicted molar refractivity (Wildman–Crippen MR) is 110 cm³/mol. The van der Waals surface area contributed by atoms with E-state index in [0.717, 1.165) is 25.0 Å². The topological polar surface area (TPSA) is 87.4 Å². The highest BCUT2D eigenvalue weighted by atomic mass is 35.5. The lowest BCUT2D eigenvalue weighted by Crippen LogP contribution is -2.42. The van der Waals surface area contributed by atoms with Gasteiger partial charge in [0.25, 0.3) is 11.5 Å². The van der Waals surface area contributed by atoms with Crippen molar-refractivity contribution in [3.05, 3.63) is 63.4 Å². The second-order valence-electron chi connectivity index (χ2n) is 7.80. The highest BCUT2D eigenvalue weighted by Crippen LogP contribution is 2.49. The van der Waals surface area contributed by atoms with Gasteiger partial charge in [-0.15, -0.1) is 0 Å². The number of aromatic nitrogens is 1. The quantitative estimate of drug-likeness (QED) is 0.648. The van der Waals surface area contributed by atoms with Crippen LogP contribution in [0.5, 0.6) is 0 Å². The molecule has 0 spiro atoms. The Labute approximate surface area is 191 Å². The molecular weight excluding hydrogens is 468 g/mol. The first-order valence-corrected chi connectivity index (χ1v) is 10.3. The van der Waals surface area contributed by atoms with Gasteiger partial charge in [-0.3, -0.25) is 9.78 Å². The number of carbonyl (C=O) groups excluding carboxylic acids is 1.